The molecule has 0 bridgehead atoms. The SMILES string of the molecule is O=c1[nH]c(CN2CCN(S(=O)(=O)c3cccs3)CC2)nc2scc(-c3ccc(F)cc3)c12. The molecule has 0 atom stereocenters. The fraction of sp³-hybridized carbons (Fsp3) is 0.238. The third-order valence-corrected chi connectivity index (χ3v) is 9.59. The molecular weight excluding hydrogens is 471 g/mol. The molecule has 1 N–H and O–H groups in total. The Morgan fingerprint density at radius 1 is 1.06 bits per heavy atom. The van der Waals surface area contributed by atoms with Crippen molar-refractivity contribution < 1.29 is 12.8 Å². The molecule has 32 heavy (non-hydrogen) atoms. The van der Waals surface area contributed by atoms with Gasteiger partial charge in [0.1, 0.15) is 20.7 Å². The molecule has 0 spiro atoms. The molecule has 7 nitrogen and oxygen atoms in total. The first-order valence-electron chi connectivity index (χ1n) is 9.94. The molecule has 0 amide bonds. The second-order valence-corrected chi connectivity index (χ2v) is 11.4. The lowest BCUT2D eigenvalue weighted by atomic mass is 10.1. The molecule has 1 aliphatic heterocycles. The summed E-state index contributed by atoms with van der Waals surface area (Å²) in [5, 5.41) is 4.11. The number of fused-ring (bicyclic) bond motifs is 1. The van der Waals surface area contributed by atoms with Crippen molar-refractivity contribution in [1.29, 1.82) is 0 Å². The highest BCUT2D eigenvalue weighted by Gasteiger charge is 2.29. The van der Waals surface area contributed by atoms with E-state index >= 15 is 0 Å². The van der Waals surface area contributed by atoms with Gasteiger partial charge in [0, 0.05) is 37.1 Å². The summed E-state index contributed by atoms with van der Waals surface area (Å²) in [6.07, 6.45) is 0. The molecule has 3 aromatic heterocycles. The topological polar surface area (TPSA) is 86.4 Å². The summed E-state index contributed by atoms with van der Waals surface area (Å²) < 4.78 is 40.5. The Labute approximate surface area is 191 Å². The van der Waals surface area contributed by atoms with E-state index in [0.29, 0.717) is 53.0 Å². The number of rotatable bonds is 5. The molecule has 4 heterocycles. The molecule has 0 unspecified atom stereocenters. The fourth-order valence-corrected chi connectivity index (χ4v) is 7.32. The summed E-state index contributed by atoms with van der Waals surface area (Å²) >= 11 is 2.60. The van der Waals surface area contributed by atoms with Crippen molar-refractivity contribution in [3.05, 3.63) is 69.2 Å². The second-order valence-electron chi connectivity index (χ2n) is 7.46. The number of aromatic nitrogens is 2. The van der Waals surface area contributed by atoms with Gasteiger partial charge in [-0.3, -0.25) is 9.69 Å². The van der Waals surface area contributed by atoms with E-state index in [0.717, 1.165) is 11.1 Å². The Kier molecular flexibility index (Phi) is 5.68. The van der Waals surface area contributed by atoms with Crippen molar-refractivity contribution in [2.24, 2.45) is 0 Å². The highest BCUT2D eigenvalue weighted by molar-refractivity contribution is 7.91. The number of hydrogen-bond donors (Lipinski definition) is 1. The number of sulfonamides is 1. The van der Waals surface area contributed by atoms with Gasteiger partial charge in [0.25, 0.3) is 15.6 Å². The third-order valence-electron chi connectivity index (χ3n) is 5.44. The van der Waals surface area contributed by atoms with E-state index in [9.17, 15) is 17.6 Å². The first kappa shape index (κ1) is 21.4. The number of aromatic amines is 1. The zero-order valence-electron chi connectivity index (χ0n) is 16.8. The van der Waals surface area contributed by atoms with Crippen molar-refractivity contribution in [2.75, 3.05) is 26.2 Å². The minimum atomic E-state index is -3.45. The normalized spacial score (nSPS) is 16.0. The smallest absolute Gasteiger partial charge is 0.260 e. The van der Waals surface area contributed by atoms with Gasteiger partial charge >= 0.3 is 0 Å². The average molecular weight is 491 g/mol. The van der Waals surface area contributed by atoms with Crippen LogP contribution in [-0.2, 0) is 16.6 Å². The number of benzene rings is 1. The van der Waals surface area contributed by atoms with Crippen LogP contribution in [0.3, 0.4) is 0 Å². The first-order chi connectivity index (χ1) is 15.4. The summed E-state index contributed by atoms with van der Waals surface area (Å²) in [5.74, 6) is 0.218. The summed E-state index contributed by atoms with van der Waals surface area (Å²) in [5.41, 5.74) is 1.27. The number of nitrogens with zero attached hydrogens (tertiary/aromatic N) is 3. The van der Waals surface area contributed by atoms with Crippen LogP contribution in [0.15, 0.2) is 56.2 Å². The van der Waals surface area contributed by atoms with Gasteiger partial charge in [0.15, 0.2) is 0 Å². The Morgan fingerprint density at radius 3 is 2.50 bits per heavy atom. The zero-order chi connectivity index (χ0) is 22.3. The van der Waals surface area contributed by atoms with Gasteiger partial charge in [-0.25, -0.2) is 17.8 Å². The van der Waals surface area contributed by atoms with Crippen molar-refractivity contribution >= 4 is 42.9 Å². The number of H-pyrrole nitrogens is 1. The highest BCUT2D eigenvalue weighted by Crippen LogP contribution is 2.31. The summed E-state index contributed by atoms with van der Waals surface area (Å²) in [4.78, 5) is 23.0. The van der Waals surface area contributed by atoms with E-state index in [1.54, 1.807) is 29.6 Å². The highest BCUT2D eigenvalue weighted by atomic mass is 32.2. The molecule has 0 aliphatic carbocycles. The third kappa shape index (κ3) is 4.02. The average Bonchev–Trinajstić information content (AvgIpc) is 3.46. The molecule has 1 aliphatic rings. The Morgan fingerprint density at radius 2 is 1.81 bits per heavy atom. The Balaban J connectivity index is 1.31. The Bertz CT molecular complexity index is 1410. The molecule has 166 valence electrons. The van der Waals surface area contributed by atoms with Crippen molar-refractivity contribution in [3.63, 3.8) is 0 Å². The van der Waals surface area contributed by atoms with Gasteiger partial charge in [-0.15, -0.1) is 22.7 Å². The van der Waals surface area contributed by atoms with Crippen LogP contribution in [0.4, 0.5) is 4.39 Å². The number of piperazine rings is 1. The van der Waals surface area contributed by atoms with Crippen LogP contribution < -0.4 is 5.56 Å². The maximum absolute atomic E-state index is 13.2. The van der Waals surface area contributed by atoms with Crippen molar-refractivity contribution in [2.45, 2.75) is 10.8 Å². The monoisotopic (exact) mass is 490 g/mol. The van der Waals surface area contributed by atoms with E-state index in [2.05, 4.69) is 14.9 Å². The molecule has 0 saturated carbocycles. The number of hydrogen-bond acceptors (Lipinski definition) is 7. The second kappa shape index (κ2) is 8.49. The molecule has 11 heteroatoms. The number of nitrogens with one attached hydrogen (secondary N) is 1. The van der Waals surface area contributed by atoms with E-state index in [4.69, 9.17) is 0 Å². The molecule has 5 rings (SSSR count). The van der Waals surface area contributed by atoms with Gasteiger partial charge < -0.3 is 4.98 Å². The van der Waals surface area contributed by atoms with Crippen LogP contribution in [-0.4, -0.2) is 53.8 Å². The number of halogens is 1. The van der Waals surface area contributed by atoms with E-state index < -0.39 is 10.0 Å². The van der Waals surface area contributed by atoms with Gasteiger partial charge in [0.2, 0.25) is 0 Å². The molecule has 4 aromatic rings. The lowest BCUT2D eigenvalue weighted by Gasteiger charge is -2.33. The maximum atomic E-state index is 13.2. The standard InChI is InChI=1S/C21H19FN4O3S3/c22-15-5-3-14(4-6-15)16-13-31-21-19(16)20(27)23-17(24-21)12-25-7-9-26(10-8-25)32(28,29)18-2-1-11-30-18/h1-6,11,13H,7-10,12H2,(H,23,24,27). The van der Waals surface area contributed by atoms with Crippen LogP contribution >= 0.6 is 22.7 Å². The van der Waals surface area contributed by atoms with Gasteiger partial charge in [0.05, 0.1) is 11.9 Å². The summed E-state index contributed by atoms with van der Waals surface area (Å²) in [6.45, 7) is 2.32. The predicted molar refractivity (Wildman–Crippen MR) is 124 cm³/mol. The van der Waals surface area contributed by atoms with E-state index in [1.165, 1.54) is 39.1 Å². The van der Waals surface area contributed by atoms with Gasteiger partial charge in [-0.05, 0) is 29.1 Å². The predicted octanol–water partition coefficient (Wildman–Crippen LogP) is 3.36. The van der Waals surface area contributed by atoms with Crippen molar-refractivity contribution in [3.8, 4) is 11.1 Å². The Hall–Kier alpha value is -2.44. The van der Waals surface area contributed by atoms with Crippen LogP contribution in [0.1, 0.15) is 5.82 Å². The minimum Gasteiger partial charge on any atom is -0.309 e. The van der Waals surface area contributed by atoms with Crippen LogP contribution in [0.5, 0.6) is 0 Å². The molecule has 1 fully saturated rings. The molecule has 1 saturated heterocycles. The van der Waals surface area contributed by atoms with Crippen molar-refractivity contribution in [1.82, 2.24) is 19.2 Å². The van der Waals surface area contributed by atoms with Gasteiger partial charge in [-0.2, -0.15) is 4.31 Å². The molecular formula is C21H19FN4O3S3. The van der Waals surface area contributed by atoms with Crippen LogP contribution in [0, 0.1) is 5.82 Å². The first-order valence-corrected chi connectivity index (χ1v) is 13.1. The van der Waals surface area contributed by atoms with E-state index in [1.807, 2.05) is 5.38 Å². The van der Waals surface area contributed by atoms with Crippen LogP contribution in [0.2, 0.25) is 0 Å². The lowest BCUT2D eigenvalue weighted by molar-refractivity contribution is 0.178. The quantitative estimate of drug-likeness (QED) is 0.464. The zero-order valence-corrected chi connectivity index (χ0v) is 19.3. The maximum Gasteiger partial charge on any atom is 0.260 e. The van der Waals surface area contributed by atoms with Crippen LogP contribution in [0.25, 0.3) is 21.3 Å². The largest absolute Gasteiger partial charge is 0.309 e. The summed E-state index contributed by atoms with van der Waals surface area (Å²) in [6, 6.07) is 9.39. The summed E-state index contributed by atoms with van der Waals surface area (Å²) in [7, 11) is -3.45. The fourth-order valence-electron chi connectivity index (χ4n) is 3.79. The molecule has 1 aromatic carbocycles. The van der Waals surface area contributed by atoms with Gasteiger partial charge in [-0.1, -0.05) is 18.2 Å². The lowest BCUT2D eigenvalue weighted by Crippen LogP contribution is -2.48. The number of thiophene rings is 2. The molecule has 0 radical (unpaired) electrons. The van der Waals surface area contributed by atoms with E-state index in [-0.39, 0.29) is 11.4 Å². The minimum absolute atomic E-state index is 0.232.